The highest BCUT2D eigenvalue weighted by molar-refractivity contribution is 6.35. The zero-order valence-corrected chi connectivity index (χ0v) is 18.3. The van der Waals surface area contributed by atoms with Gasteiger partial charge in [0.1, 0.15) is 11.0 Å². The van der Waals surface area contributed by atoms with Crippen LogP contribution in [0, 0.1) is 12.7 Å². The van der Waals surface area contributed by atoms with Gasteiger partial charge in [-0.25, -0.2) is 9.07 Å². The van der Waals surface area contributed by atoms with Gasteiger partial charge in [0.15, 0.2) is 0 Å². The number of hydrogen-bond acceptors (Lipinski definition) is 4. The molecule has 0 bridgehead atoms. The Morgan fingerprint density at radius 3 is 2.34 bits per heavy atom. The lowest BCUT2D eigenvalue weighted by Gasteiger charge is -2.33. The predicted octanol–water partition coefficient (Wildman–Crippen LogP) is 1.94. The number of nitrogens with zero attached hydrogens (tertiary/aromatic N) is 4. The Balaban J connectivity index is 1.36. The van der Waals surface area contributed by atoms with Crippen molar-refractivity contribution in [3.05, 3.63) is 52.6 Å². The molecule has 168 valence electrons. The molecule has 0 unspecified atom stereocenters. The molecule has 2 fully saturated rings. The Bertz CT molecular complexity index is 1070. The van der Waals surface area contributed by atoms with Crippen LogP contribution in [-0.4, -0.2) is 69.5 Å². The predicted molar refractivity (Wildman–Crippen MR) is 117 cm³/mol. The Morgan fingerprint density at radius 1 is 1.09 bits per heavy atom. The first-order valence-electron chi connectivity index (χ1n) is 10.4. The van der Waals surface area contributed by atoms with Crippen molar-refractivity contribution in [3.63, 3.8) is 0 Å². The highest BCUT2D eigenvalue weighted by atomic mass is 35.5. The topological polar surface area (TPSA) is 87.5 Å². The fraction of sp³-hybridized carbons (Fsp3) is 0.364. The summed E-state index contributed by atoms with van der Waals surface area (Å²) in [5.74, 6) is -1.69. The van der Waals surface area contributed by atoms with Gasteiger partial charge in [-0.15, -0.1) is 0 Å². The van der Waals surface area contributed by atoms with Gasteiger partial charge in [-0.05, 0) is 50.1 Å². The van der Waals surface area contributed by atoms with Gasteiger partial charge in [0.2, 0.25) is 5.91 Å². The number of benzene rings is 1. The largest absolute Gasteiger partial charge is 0.345 e. The number of aryl methyl sites for hydroxylation is 1. The molecular formula is C22H23ClFN5O3. The molecule has 1 aromatic heterocycles. The molecule has 0 atom stereocenters. The lowest BCUT2D eigenvalue weighted by Crippen LogP contribution is -2.53. The molecule has 2 aromatic rings. The van der Waals surface area contributed by atoms with Crippen molar-refractivity contribution in [2.45, 2.75) is 25.8 Å². The van der Waals surface area contributed by atoms with Crippen molar-refractivity contribution in [1.29, 1.82) is 0 Å². The van der Waals surface area contributed by atoms with Crippen LogP contribution >= 0.6 is 11.6 Å². The number of halogens is 2. The van der Waals surface area contributed by atoms with Crippen molar-refractivity contribution >= 4 is 35.4 Å². The van der Waals surface area contributed by atoms with Gasteiger partial charge in [0.25, 0.3) is 0 Å². The number of carbonyl (C=O) groups is 3. The first kappa shape index (κ1) is 22.0. The van der Waals surface area contributed by atoms with E-state index in [9.17, 15) is 18.8 Å². The molecule has 1 saturated heterocycles. The number of nitrogens with one attached hydrogen (secondary N) is 1. The number of rotatable bonds is 4. The maximum absolute atomic E-state index is 13.2. The van der Waals surface area contributed by atoms with Crippen LogP contribution in [0.15, 0.2) is 30.3 Å². The van der Waals surface area contributed by atoms with Crippen LogP contribution in [0.25, 0.3) is 11.8 Å². The molecule has 1 saturated carbocycles. The summed E-state index contributed by atoms with van der Waals surface area (Å²) in [6, 6.07) is 5.90. The molecule has 2 aliphatic rings. The molecular weight excluding hydrogens is 437 g/mol. The van der Waals surface area contributed by atoms with E-state index < -0.39 is 11.8 Å². The third kappa shape index (κ3) is 4.83. The zero-order valence-electron chi connectivity index (χ0n) is 17.6. The van der Waals surface area contributed by atoms with Crippen LogP contribution in [0.2, 0.25) is 5.15 Å². The van der Waals surface area contributed by atoms with Crippen molar-refractivity contribution in [1.82, 2.24) is 24.9 Å². The van der Waals surface area contributed by atoms with Gasteiger partial charge in [0.05, 0.1) is 11.4 Å². The van der Waals surface area contributed by atoms with E-state index in [2.05, 4.69) is 10.4 Å². The highest BCUT2D eigenvalue weighted by Crippen LogP contribution is 2.25. The Hall–Kier alpha value is -3.20. The molecule has 10 heteroatoms. The van der Waals surface area contributed by atoms with Crippen LogP contribution in [-0.2, 0) is 14.4 Å². The molecule has 32 heavy (non-hydrogen) atoms. The number of hydrogen-bond donors (Lipinski definition) is 1. The molecule has 1 N–H and O–H groups in total. The maximum atomic E-state index is 13.2. The second kappa shape index (κ2) is 9.12. The van der Waals surface area contributed by atoms with E-state index in [1.807, 2.05) is 0 Å². The van der Waals surface area contributed by atoms with E-state index in [1.54, 1.807) is 30.0 Å². The number of carbonyl (C=O) groups excluding carboxylic acids is 3. The minimum atomic E-state index is -0.574. The summed E-state index contributed by atoms with van der Waals surface area (Å²) in [6.07, 6.45) is 4.86. The number of piperazine rings is 1. The summed E-state index contributed by atoms with van der Waals surface area (Å²) in [4.78, 5) is 39.8. The fourth-order valence-electron chi connectivity index (χ4n) is 3.46. The smallest absolute Gasteiger partial charge is 0.312 e. The lowest BCUT2D eigenvalue weighted by molar-refractivity contribution is -0.148. The first-order valence-corrected chi connectivity index (χ1v) is 10.8. The average molecular weight is 460 g/mol. The van der Waals surface area contributed by atoms with E-state index in [4.69, 9.17) is 11.6 Å². The summed E-state index contributed by atoms with van der Waals surface area (Å²) in [5.41, 5.74) is 1.83. The monoisotopic (exact) mass is 459 g/mol. The first-order chi connectivity index (χ1) is 15.3. The highest BCUT2D eigenvalue weighted by Gasteiger charge is 2.31. The SMILES string of the molecule is Cc1nn(-c2ccc(F)cc2)c(Cl)c1/C=C/C(=O)N1CCN(C(=O)C(=O)NC2CC2)CC1. The second-order valence-electron chi connectivity index (χ2n) is 7.88. The Kier molecular flexibility index (Phi) is 6.27. The minimum absolute atomic E-state index is 0.127. The van der Waals surface area contributed by atoms with Crippen molar-refractivity contribution in [3.8, 4) is 5.69 Å². The van der Waals surface area contributed by atoms with Crippen LogP contribution in [0.4, 0.5) is 4.39 Å². The molecule has 1 aromatic carbocycles. The van der Waals surface area contributed by atoms with E-state index in [0.29, 0.717) is 48.3 Å². The number of amides is 3. The van der Waals surface area contributed by atoms with Crippen molar-refractivity contribution in [2.75, 3.05) is 26.2 Å². The normalized spacial score (nSPS) is 16.5. The van der Waals surface area contributed by atoms with Crippen LogP contribution in [0.1, 0.15) is 24.1 Å². The molecule has 4 rings (SSSR count). The molecule has 3 amide bonds. The van der Waals surface area contributed by atoms with E-state index >= 15 is 0 Å². The molecule has 1 aliphatic heterocycles. The second-order valence-corrected chi connectivity index (χ2v) is 8.23. The Morgan fingerprint density at radius 2 is 1.72 bits per heavy atom. The van der Waals surface area contributed by atoms with Crippen LogP contribution in [0.5, 0.6) is 0 Å². The fourth-order valence-corrected chi connectivity index (χ4v) is 3.80. The van der Waals surface area contributed by atoms with Crippen LogP contribution < -0.4 is 5.32 Å². The molecule has 8 nitrogen and oxygen atoms in total. The molecule has 0 spiro atoms. The van der Waals surface area contributed by atoms with Gasteiger partial charge in [0, 0.05) is 43.9 Å². The summed E-state index contributed by atoms with van der Waals surface area (Å²) >= 11 is 6.45. The molecule has 0 radical (unpaired) electrons. The summed E-state index contributed by atoms with van der Waals surface area (Å²) in [5, 5.41) is 7.38. The molecule has 1 aliphatic carbocycles. The van der Waals surface area contributed by atoms with Gasteiger partial charge in [-0.2, -0.15) is 5.10 Å². The molecule has 2 heterocycles. The maximum Gasteiger partial charge on any atom is 0.312 e. The van der Waals surface area contributed by atoms with E-state index in [1.165, 1.54) is 27.8 Å². The van der Waals surface area contributed by atoms with Gasteiger partial charge < -0.3 is 15.1 Å². The van der Waals surface area contributed by atoms with Gasteiger partial charge in [-0.1, -0.05) is 11.6 Å². The van der Waals surface area contributed by atoms with E-state index in [0.717, 1.165) is 12.8 Å². The summed E-state index contributed by atoms with van der Waals surface area (Å²) in [6.45, 7) is 3.06. The van der Waals surface area contributed by atoms with Crippen molar-refractivity contribution < 1.29 is 18.8 Å². The average Bonchev–Trinajstić information content (AvgIpc) is 3.56. The number of aromatic nitrogens is 2. The summed E-state index contributed by atoms with van der Waals surface area (Å²) < 4.78 is 14.7. The Labute approximate surface area is 189 Å². The lowest BCUT2D eigenvalue weighted by atomic mass is 10.2. The van der Waals surface area contributed by atoms with Gasteiger partial charge >= 0.3 is 11.8 Å². The van der Waals surface area contributed by atoms with Gasteiger partial charge in [-0.3, -0.25) is 14.4 Å². The minimum Gasteiger partial charge on any atom is -0.345 e. The summed E-state index contributed by atoms with van der Waals surface area (Å²) in [7, 11) is 0. The van der Waals surface area contributed by atoms with E-state index in [-0.39, 0.29) is 17.8 Å². The van der Waals surface area contributed by atoms with Crippen molar-refractivity contribution in [2.24, 2.45) is 0 Å². The zero-order chi connectivity index (χ0) is 22.8. The quantitative estimate of drug-likeness (QED) is 0.559. The van der Waals surface area contributed by atoms with Crippen LogP contribution in [0.3, 0.4) is 0 Å². The standard InChI is InChI=1S/C22H23ClFN5O3/c1-14-18(20(23)29(26-14)17-6-2-15(24)3-7-17)8-9-19(30)27-10-12-28(13-11-27)22(32)21(31)25-16-4-5-16/h2-3,6-9,16H,4-5,10-13H2,1H3,(H,25,31)/b9-8+. The third-order valence-electron chi connectivity index (χ3n) is 5.50. The third-order valence-corrected chi connectivity index (χ3v) is 5.86.